The first-order valence-corrected chi connectivity index (χ1v) is 8.60. The monoisotopic (exact) mass is 395 g/mol. The molecule has 0 spiro atoms. The Morgan fingerprint density at radius 2 is 1.69 bits per heavy atom. The van der Waals surface area contributed by atoms with E-state index in [1.54, 1.807) is 30.3 Å². The molecule has 4 rings (SSSR count). The Kier molecular flexibility index (Phi) is 4.67. The highest BCUT2D eigenvalue weighted by Gasteiger charge is 2.22. The van der Waals surface area contributed by atoms with Gasteiger partial charge in [0, 0.05) is 11.8 Å². The zero-order valence-electron chi connectivity index (χ0n) is 15.5. The summed E-state index contributed by atoms with van der Waals surface area (Å²) in [6.07, 6.45) is 1.47. The number of nitrogens with zero attached hydrogens (tertiary/aromatic N) is 3. The van der Waals surface area contributed by atoms with E-state index in [1.165, 1.54) is 31.2 Å². The van der Waals surface area contributed by atoms with E-state index in [1.807, 2.05) is 0 Å². The van der Waals surface area contributed by atoms with Crippen molar-refractivity contribution >= 4 is 16.9 Å². The Labute approximate surface area is 164 Å². The van der Waals surface area contributed by atoms with Crippen LogP contribution in [0.15, 0.2) is 54.7 Å². The van der Waals surface area contributed by atoms with Gasteiger partial charge in [-0.25, -0.2) is 23.2 Å². The van der Waals surface area contributed by atoms with Crippen LogP contribution in [0.25, 0.3) is 27.8 Å². The third kappa shape index (κ3) is 3.08. The maximum absolute atomic E-state index is 14.4. The van der Waals surface area contributed by atoms with Gasteiger partial charge in [-0.1, -0.05) is 18.2 Å². The maximum Gasteiger partial charge on any atom is 0.337 e. The molecule has 0 radical (unpaired) electrons. The summed E-state index contributed by atoms with van der Waals surface area (Å²) in [7, 11) is 2.75. The number of aromatic nitrogens is 3. The van der Waals surface area contributed by atoms with Crippen LogP contribution in [0.3, 0.4) is 0 Å². The summed E-state index contributed by atoms with van der Waals surface area (Å²) in [6, 6.07) is 11.7. The van der Waals surface area contributed by atoms with Crippen LogP contribution in [0.1, 0.15) is 10.4 Å². The van der Waals surface area contributed by atoms with Gasteiger partial charge in [0.15, 0.2) is 11.6 Å². The highest BCUT2D eigenvalue weighted by atomic mass is 19.1. The number of rotatable bonds is 4. The molecule has 0 amide bonds. The minimum Gasteiger partial charge on any atom is -0.480 e. The summed E-state index contributed by atoms with van der Waals surface area (Å²) in [4.78, 5) is 15.9. The van der Waals surface area contributed by atoms with E-state index in [2.05, 4.69) is 10.1 Å². The standard InChI is InChI=1S/C21H15F2N3O3/c1-28-20-17-16(10-11-24-20)26(19-14(22)4-3-5-15(19)23)25-18(17)12-6-8-13(9-7-12)21(27)29-2/h3-11H,1-2H3. The van der Waals surface area contributed by atoms with Crippen molar-refractivity contribution in [3.05, 3.63) is 71.9 Å². The smallest absolute Gasteiger partial charge is 0.337 e. The van der Waals surface area contributed by atoms with E-state index in [9.17, 15) is 13.6 Å². The SMILES string of the molecule is COC(=O)c1ccc(-c2nn(-c3c(F)cccc3F)c3ccnc(OC)c23)cc1. The minimum atomic E-state index is -0.752. The first kappa shape index (κ1) is 18.5. The summed E-state index contributed by atoms with van der Waals surface area (Å²) in [5.74, 6) is -1.72. The molecule has 6 nitrogen and oxygen atoms in total. The molecule has 29 heavy (non-hydrogen) atoms. The van der Waals surface area contributed by atoms with E-state index in [0.29, 0.717) is 27.7 Å². The lowest BCUT2D eigenvalue weighted by molar-refractivity contribution is 0.0600. The van der Waals surface area contributed by atoms with Gasteiger partial charge in [0.25, 0.3) is 0 Å². The van der Waals surface area contributed by atoms with Gasteiger partial charge in [-0.15, -0.1) is 0 Å². The summed E-state index contributed by atoms with van der Waals surface area (Å²) in [6.45, 7) is 0. The fraction of sp³-hybridized carbons (Fsp3) is 0.0952. The van der Waals surface area contributed by atoms with Crippen LogP contribution in [0, 0.1) is 11.6 Å². The molecule has 0 aliphatic heterocycles. The van der Waals surface area contributed by atoms with Crippen molar-refractivity contribution in [2.24, 2.45) is 0 Å². The summed E-state index contributed by atoms with van der Waals surface area (Å²) < 4.78 is 40.1. The van der Waals surface area contributed by atoms with Gasteiger partial charge >= 0.3 is 5.97 Å². The van der Waals surface area contributed by atoms with Crippen molar-refractivity contribution in [1.29, 1.82) is 0 Å². The Bertz CT molecular complexity index is 1200. The summed E-state index contributed by atoms with van der Waals surface area (Å²) in [5.41, 5.74) is 1.51. The van der Waals surface area contributed by atoms with Crippen LogP contribution in [-0.4, -0.2) is 35.0 Å². The van der Waals surface area contributed by atoms with Gasteiger partial charge in [0.05, 0.1) is 30.7 Å². The lowest BCUT2D eigenvalue weighted by Gasteiger charge is -2.06. The maximum atomic E-state index is 14.4. The fourth-order valence-corrected chi connectivity index (χ4v) is 3.14. The zero-order valence-corrected chi connectivity index (χ0v) is 15.5. The number of hydrogen-bond acceptors (Lipinski definition) is 5. The number of para-hydroxylation sites is 1. The molecule has 0 saturated heterocycles. The normalized spacial score (nSPS) is 10.9. The molecule has 0 fully saturated rings. The molecule has 4 aromatic rings. The number of fused-ring (bicyclic) bond motifs is 1. The second kappa shape index (κ2) is 7.31. The van der Waals surface area contributed by atoms with Crippen LogP contribution in [0.5, 0.6) is 5.88 Å². The molecule has 0 saturated carbocycles. The second-order valence-electron chi connectivity index (χ2n) is 6.11. The second-order valence-corrected chi connectivity index (χ2v) is 6.11. The molecule has 146 valence electrons. The molecule has 8 heteroatoms. The summed E-state index contributed by atoms with van der Waals surface area (Å²) >= 11 is 0. The van der Waals surface area contributed by atoms with E-state index in [0.717, 1.165) is 12.1 Å². The van der Waals surface area contributed by atoms with Crippen molar-refractivity contribution in [1.82, 2.24) is 14.8 Å². The third-order valence-electron chi connectivity index (χ3n) is 4.48. The van der Waals surface area contributed by atoms with Gasteiger partial charge in [0.2, 0.25) is 5.88 Å². The number of hydrogen-bond donors (Lipinski definition) is 0. The average Bonchev–Trinajstić information content (AvgIpc) is 3.13. The largest absolute Gasteiger partial charge is 0.480 e. The van der Waals surface area contributed by atoms with Crippen molar-refractivity contribution in [3.8, 4) is 22.8 Å². The lowest BCUT2D eigenvalue weighted by Crippen LogP contribution is -2.03. The Balaban J connectivity index is 1.99. The fourth-order valence-electron chi connectivity index (χ4n) is 3.14. The molecule has 0 atom stereocenters. The van der Waals surface area contributed by atoms with Crippen LogP contribution in [0.4, 0.5) is 8.78 Å². The number of esters is 1. The molecule has 0 aliphatic rings. The van der Waals surface area contributed by atoms with E-state index in [-0.39, 0.29) is 11.6 Å². The number of benzene rings is 2. The number of ether oxygens (including phenoxy) is 2. The Hall–Kier alpha value is -3.81. The van der Waals surface area contributed by atoms with Crippen LogP contribution in [0.2, 0.25) is 0 Å². The van der Waals surface area contributed by atoms with Crippen LogP contribution >= 0.6 is 0 Å². The number of methoxy groups -OCH3 is 2. The molecule has 0 N–H and O–H groups in total. The lowest BCUT2D eigenvalue weighted by atomic mass is 10.1. The molecule has 2 heterocycles. The van der Waals surface area contributed by atoms with Gasteiger partial charge in [-0.05, 0) is 30.3 Å². The average molecular weight is 395 g/mol. The van der Waals surface area contributed by atoms with Crippen LogP contribution < -0.4 is 4.74 Å². The molecule has 2 aromatic heterocycles. The zero-order chi connectivity index (χ0) is 20.5. The highest BCUT2D eigenvalue weighted by Crippen LogP contribution is 2.35. The highest BCUT2D eigenvalue weighted by molar-refractivity contribution is 5.98. The van der Waals surface area contributed by atoms with Crippen molar-refractivity contribution in [2.45, 2.75) is 0 Å². The number of carbonyl (C=O) groups excluding carboxylic acids is 1. The molecule has 2 aromatic carbocycles. The van der Waals surface area contributed by atoms with Crippen molar-refractivity contribution < 1.29 is 23.0 Å². The van der Waals surface area contributed by atoms with E-state index < -0.39 is 17.6 Å². The van der Waals surface area contributed by atoms with Crippen molar-refractivity contribution in [2.75, 3.05) is 14.2 Å². The molecule has 0 aliphatic carbocycles. The topological polar surface area (TPSA) is 66.2 Å². The van der Waals surface area contributed by atoms with Gasteiger partial charge in [-0.2, -0.15) is 5.10 Å². The minimum absolute atomic E-state index is 0.262. The number of carbonyl (C=O) groups is 1. The molecular formula is C21H15F2N3O3. The van der Waals surface area contributed by atoms with E-state index >= 15 is 0 Å². The van der Waals surface area contributed by atoms with Crippen LogP contribution in [-0.2, 0) is 4.74 Å². The number of halogens is 2. The Morgan fingerprint density at radius 1 is 1.00 bits per heavy atom. The predicted octanol–water partition coefficient (Wildman–Crippen LogP) is 4.16. The Morgan fingerprint density at radius 3 is 2.31 bits per heavy atom. The quantitative estimate of drug-likeness (QED) is 0.486. The number of pyridine rings is 1. The molecular weight excluding hydrogens is 380 g/mol. The summed E-state index contributed by atoms with van der Waals surface area (Å²) in [5, 5.41) is 4.94. The van der Waals surface area contributed by atoms with Crippen molar-refractivity contribution in [3.63, 3.8) is 0 Å². The first-order valence-electron chi connectivity index (χ1n) is 8.60. The van der Waals surface area contributed by atoms with Gasteiger partial charge in [-0.3, -0.25) is 0 Å². The van der Waals surface area contributed by atoms with Gasteiger partial charge < -0.3 is 9.47 Å². The predicted molar refractivity (Wildman–Crippen MR) is 102 cm³/mol. The molecule has 0 unspecified atom stereocenters. The first-order chi connectivity index (χ1) is 14.0. The van der Waals surface area contributed by atoms with E-state index in [4.69, 9.17) is 9.47 Å². The van der Waals surface area contributed by atoms with Gasteiger partial charge in [0.1, 0.15) is 11.4 Å². The molecule has 0 bridgehead atoms. The third-order valence-corrected chi connectivity index (χ3v) is 4.48.